The van der Waals surface area contributed by atoms with Crippen LogP contribution >= 0.6 is 0 Å². The van der Waals surface area contributed by atoms with E-state index in [0.29, 0.717) is 32.5 Å². The minimum atomic E-state index is -3.24. The summed E-state index contributed by atoms with van der Waals surface area (Å²) in [5, 5.41) is 0. The van der Waals surface area contributed by atoms with E-state index in [1.165, 1.54) is 22.6 Å². The minimum Gasteiger partial charge on any atom is -0.468 e. The number of nitrogens with zero attached hydrogens (tertiary/aromatic N) is 2. The van der Waals surface area contributed by atoms with Crippen LogP contribution in [0, 0.1) is 12.8 Å². The second-order valence-corrected chi connectivity index (χ2v) is 8.62. The fourth-order valence-electron chi connectivity index (χ4n) is 3.12. The molecule has 1 aromatic rings. The first-order valence-electron chi connectivity index (χ1n) is 8.57. The topological polar surface area (TPSA) is 84.0 Å². The number of benzene rings is 1. The van der Waals surface area contributed by atoms with Gasteiger partial charge in [0.05, 0.1) is 13.4 Å². The van der Waals surface area contributed by atoms with Gasteiger partial charge in [-0.15, -0.1) is 0 Å². The average molecular weight is 382 g/mol. The van der Waals surface area contributed by atoms with Crippen molar-refractivity contribution in [3.8, 4) is 0 Å². The quantitative estimate of drug-likeness (QED) is 0.690. The number of methoxy groups -OCH3 is 1. The van der Waals surface area contributed by atoms with Gasteiger partial charge in [0.2, 0.25) is 15.9 Å². The zero-order chi connectivity index (χ0) is 19.3. The van der Waals surface area contributed by atoms with Crippen molar-refractivity contribution in [1.82, 2.24) is 9.21 Å². The van der Waals surface area contributed by atoms with Crippen LogP contribution in [0.4, 0.5) is 0 Å². The normalized spacial score (nSPS) is 16.3. The molecule has 1 saturated heterocycles. The fraction of sp³-hybridized carbons (Fsp3) is 0.556. The van der Waals surface area contributed by atoms with Crippen LogP contribution in [-0.4, -0.2) is 62.5 Å². The fourth-order valence-corrected chi connectivity index (χ4v) is 3.99. The Balaban J connectivity index is 2.11. The van der Waals surface area contributed by atoms with Crippen molar-refractivity contribution in [2.75, 3.05) is 33.0 Å². The van der Waals surface area contributed by atoms with Crippen molar-refractivity contribution in [1.29, 1.82) is 0 Å². The van der Waals surface area contributed by atoms with Gasteiger partial charge in [-0.1, -0.05) is 24.3 Å². The minimum absolute atomic E-state index is 0.115. The molecular weight excluding hydrogens is 356 g/mol. The molecule has 2 rings (SSSR count). The van der Waals surface area contributed by atoms with Gasteiger partial charge in [-0.3, -0.25) is 9.59 Å². The molecule has 0 aromatic heterocycles. The number of esters is 1. The van der Waals surface area contributed by atoms with Gasteiger partial charge in [0, 0.05) is 25.6 Å². The molecule has 1 aliphatic heterocycles. The lowest BCUT2D eigenvalue weighted by Gasteiger charge is -2.33. The summed E-state index contributed by atoms with van der Waals surface area (Å²) in [6.45, 7) is 2.82. The van der Waals surface area contributed by atoms with Crippen molar-refractivity contribution >= 4 is 21.9 Å². The number of hydrogen-bond acceptors (Lipinski definition) is 5. The number of sulfonamides is 1. The highest BCUT2D eigenvalue weighted by Gasteiger charge is 2.32. The van der Waals surface area contributed by atoms with Gasteiger partial charge in [0.25, 0.3) is 0 Å². The lowest BCUT2D eigenvalue weighted by Crippen LogP contribution is -2.45. The number of carbonyl (C=O) groups excluding carboxylic acids is 2. The van der Waals surface area contributed by atoms with Crippen LogP contribution in [0.25, 0.3) is 0 Å². The maximum atomic E-state index is 13.0. The Morgan fingerprint density at radius 2 is 1.85 bits per heavy atom. The van der Waals surface area contributed by atoms with E-state index in [2.05, 4.69) is 0 Å². The van der Waals surface area contributed by atoms with Crippen molar-refractivity contribution in [3.05, 3.63) is 35.4 Å². The summed E-state index contributed by atoms with van der Waals surface area (Å²) in [7, 11) is -1.94. The number of carbonyl (C=O) groups is 2. The summed E-state index contributed by atoms with van der Waals surface area (Å²) in [4.78, 5) is 26.2. The summed E-state index contributed by atoms with van der Waals surface area (Å²) in [6, 6.07) is 7.71. The molecule has 0 atom stereocenters. The van der Waals surface area contributed by atoms with Crippen LogP contribution in [0.2, 0.25) is 0 Å². The summed E-state index contributed by atoms with van der Waals surface area (Å²) in [6.07, 6.45) is 2.09. The molecule has 0 saturated carbocycles. The Kier molecular flexibility index (Phi) is 6.77. The number of amides is 1. The smallest absolute Gasteiger partial charge is 0.325 e. The first kappa shape index (κ1) is 20.4. The summed E-state index contributed by atoms with van der Waals surface area (Å²) < 4.78 is 29.4. The van der Waals surface area contributed by atoms with E-state index in [-0.39, 0.29) is 18.4 Å². The number of aryl methyl sites for hydroxylation is 1. The molecule has 1 fully saturated rings. The van der Waals surface area contributed by atoms with Gasteiger partial charge >= 0.3 is 5.97 Å². The Morgan fingerprint density at radius 3 is 2.38 bits per heavy atom. The third-order valence-corrected chi connectivity index (χ3v) is 6.06. The molecule has 0 radical (unpaired) electrons. The van der Waals surface area contributed by atoms with Gasteiger partial charge in [0.15, 0.2) is 0 Å². The van der Waals surface area contributed by atoms with Crippen molar-refractivity contribution < 1.29 is 22.7 Å². The maximum Gasteiger partial charge on any atom is 0.325 e. The Hall–Kier alpha value is -1.93. The highest BCUT2D eigenvalue weighted by Crippen LogP contribution is 2.23. The van der Waals surface area contributed by atoms with Crippen LogP contribution in [0.1, 0.15) is 24.0 Å². The molecule has 1 amide bonds. The number of hydrogen-bond donors (Lipinski definition) is 0. The number of ether oxygens (including phenoxy) is 1. The summed E-state index contributed by atoms with van der Waals surface area (Å²) >= 11 is 0. The molecule has 7 nitrogen and oxygen atoms in total. The highest BCUT2D eigenvalue weighted by atomic mass is 32.2. The lowest BCUT2D eigenvalue weighted by molar-refractivity contribution is -0.149. The van der Waals surface area contributed by atoms with Gasteiger partial charge < -0.3 is 9.64 Å². The van der Waals surface area contributed by atoms with E-state index in [4.69, 9.17) is 4.74 Å². The average Bonchev–Trinajstić information content (AvgIpc) is 2.61. The third kappa shape index (κ3) is 5.28. The summed E-state index contributed by atoms with van der Waals surface area (Å²) in [5.41, 5.74) is 2.01. The van der Waals surface area contributed by atoms with E-state index in [1.807, 2.05) is 31.2 Å². The molecule has 0 bridgehead atoms. The van der Waals surface area contributed by atoms with E-state index < -0.39 is 16.0 Å². The first-order valence-corrected chi connectivity index (χ1v) is 10.4. The highest BCUT2D eigenvalue weighted by molar-refractivity contribution is 7.88. The van der Waals surface area contributed by atoms with Gasteiger partial charge in [-0.25, -0.2) is 12.7 Å². The van der Waals surface area contributed by atoms with Gasteiger partial charge in [-0.05, 0) is 30.9 Å². The number of piperidine rings is 1. The van der Waals surface area contributed by atoms with E-state index in [9.17, 15) is 18.0 Å². The predicted octanol–water partition coefficient (Wildman–Crippen LogP) is 1.17. The van der Waals surface area contributed by atoms with Crippen molar-refractivity contribution in [3.63, 3.8) is 0 Å². The zero-order valence-electron chi connectivity index (χ0n) is 15.5. The predicted molar refractivity (Wildman–Crippen MR) is 97.8 cm³/mol. The molecule has 0 N–H and O–H groups in total. The molecule has 0 aliphatic carbocycles. The van der Waals surface area contributed by atoms with Crippen LogP contribution in [0.5, 0.6) is 0 Å². The van der Waals surface area contributed by atoms with Crippen molar-refractivity contribution in [2.45, 2.75) is 26.3 Å². The molecule has 8 heteroatoms. The monoisotopic (exact) mass is 382 g/mol. The molecule has 0 spiro atoms. The van der Waals surface area contributed by atoms with E-state index in [1.54, 1.807) is 0 Å². The second kappa shape index (κ2) is 8.64. The molecular formula is C18H26N2O5S. The molecule has 26 heavy (non-hydrogen) atoms. The number of rotatable bonds is 6. The molecule has 0 unspecified atom stereocenters. The molecule has 1 heterocycles. The van der Waals surface area contributed by atoms with Crippen LogP contribution < -0.4 is 0 Å². The molecule has 1 aliphatic rings. The molecule has 1 aromatic carbocycles. The standard InChI is InChI=1S/C18H26N2O5S/c1-14-6-4-5-7-16(14)12-19(13-17(21)25-2)18(22)15-8-10-20(11-9-15)26(3,23)24/h4-7,15H,8-13H2,1-3H3. The SMILES string of the molecule is COC(=O)CN(Cc1ccccc1C)C(=O)C1CCN(S(C)(=O)=O)CC1. The Morgan fingerprint density at radius 1 is 1.23 bits per heavy atom. The molecule has 144 valence electrons. The van der Waals surface area contributed by atoms with Crippen LogP contribution in [-0.2, 0) is 30.9 Å². The third-order valence-electron chi connectivity index (χ3n) is 4.75. The second-order valence-electron chi connectivity index (χ2n) is 6.63. The van der Waals surface area contributed by atoms with Crippen LogP contribution in [0.3, 0.4) is 0 Å². The summed E-state index contributed by atoms with van der Waals surface area (Å²) in [5.74, 6) is -0.894. The zero-order valence-corrected chi connectivity index (χ0v) is 16.3. The Labute approximate surface area is 155 Å². The first-order chi connectivity index (χ1) is 12.2. The van der Waals surface area contributed by atoms with Crippen LogP contribution in [0.15, 0.2) is 24.3 Å². The van der Waals surface area contributed by atoms with Crippen molar-refractivity contribution in [2.24, 2.45) is 5.92 Å². The lowest BCUT2D eigenvalue weighted by atomic mass is 9.96. The van der Waals surface area contributed by atoms with E-state index in [0.717, 1.165) is 11.1 Å². The van der Waals surface area contributed by atoms with Gasteiger partial charge in [-0.2, -0.15) is 0 Å². The largest absolute Gasteiger partial charge is 0.468 e. The van der Waals surface area contributed by atoms with Gasteiger partial charge in [0.1, 0.15) is 6.54 Å². The van der Waals surface area contributed by atoms with E-state index >= 15 is 0 Å². The maximum absolute atomic E-state index is 13.0. The Bertz CT molecular complexity index is 755.